The van der Waals surface area contributed by atoms with Gasteiger partial charge in [0.1, 0.15) is 0 Å². The maximum atomic E-state index is 4.38. The Bertz CT molecular complexity index is 370. The van der Waals surface area contributed by atoms with Gasteiger partial charge in [-0.05, 0) is 0 Å². The lowest BCUT2D eigenvalue weighted by atomic mass is 10.6. The predicted octanol–water partition coefficient (Wildman–Crippen LogP) is 5.13. The summed E-state index contributed by atoms with van der Waals surface area (Å²) in [5, 5.41) is 0. The lowest BCUT2D eigenvalue weighted by Crippen LogP contribution is -1.80. The average Bonchev–Trinajstić information content (AvgIpc) is 2.83. The van der Waals surface area contributed by atoms with Crippen LogP contribution in [0.3, 0.4) is 0 Å². The number of thioether (sulfide) groups is 4. The molecule has 2 aliphatic rings. The van der Waals surface area contributed by atoms with Gasteiger partial charge in [-0.2, -0.15) is 25.3 Å². The third-order valence-corrected chi connectivity index (χ3v) is 9.70. The van der Waals surface area contributed by atoms with Crippen LogP contribution in [-0.4, -0.2) is 11.5 Å². The van der Waals surface area contributed by atoms with Crippen LogP contribution in [0.25, 0.3) is 0 Å². The first-order chi connectivity index (χ1) is 7.65. The van der Waals surface area contributed by atoms with Gasteiger partial charge in [-0.3, -0.25) is 0 Å². The van der Waals surface area contributed by atoms with Gasteiger partial charge >= 0.3 is 0 Å². The highest BCUT2D eigenvalue weighted by molar-refractivity contribution is 8.39. The fraction of sp³-hybridized carbons (Fsp3) is 0.250. The fourth-order valence-electron chi connectivity index (χ4n) is 1.05. The third-order valence-electron chi connectivity index (χ3n) is 1.76. The molecular formula is C8H8S8. The van der Waals surface area contributed by atoms with Gasteiger partial charge in [-0.15, -0.1) is 25.3 Å². The van der Waals surface area contributed by atoms with E-state index >= 15 is 0 Å². The highest BCUT2D eigenvalue weighted by Gasteiger charge is 2.26. The van der Waals surface area contributed by atoms with Crippen LogP contribution in [0.1, 0.15) is 0 Å². The van der Waals surface area contributed by atoms with Crippen molar-refractivity contribution in [3.8, 4) is 0 Å². The summed E-state index contributed by atoms with van der Waals surface area (Å²) in [4.78, 5) is 2.64. The zero-order valence-corrected chi connectivity index (χ0v) is 14.7. The summed E-state index contributed by atoms with van der Waals surface area (Å²) in [5.74, 6) is 1.57. The van der Waals surface area contributed by atoms with Gasteiger partial charge in [0.25, 0.3) is 0 Å². The van der Waals surface area contributed by atoms with E-state index in [4.69, 9.17) is 0 Å². The van der Waals surface area contributed by atoms with Gasteiger partial charge in [0.15, 0.2) is 0 Å². The first-order valence-corrected chi connectivity index (χ1v) is 9.60. The van der Waals surface area contributed by atoms with Gasteiger partial charge in [-0.1, -0.05) is 47.0 Å². The zero-order chi connectivity index (χ0) is 11.7. The van der Waals surface area contributed by atoms with Crippen molar-refractivity contribution in [3.05, 3.63) is 26.8 Å². The Labute approximate surface area is 134 Å². The maximum absolute atomic E-state index is 4.38. The first kappa shape index (κ1) is 14.4. The SMILES string of the molecule is SCC1=C(CS)SC(=C2SC(S)=C(S)S2)S1. The summed E-state index contributed by atoms with van der Waals surface area (Å²) in [6.45, 7) is 0. The van der Waals surface area contributed by atoms with Gasteiger partial charge in [0, 0.05) is 21.3 Å². The van der Waals surface area contributed by atoms with E-state index in [1.807, 2.05) is 0 Å². The molecule has 0 bridgehead atoms. The topological polar surface area (TPSA) is 0 Å². The minimum Gasteiger partial charge on any atom is -0.174 e. The molecule has 0 aromatic carbocycles. The van der Waals surface area contributed by atoms with E-state index in [9.17, 15) is 0 Å². The smallest absolute Gasteiger partial charge is 0.0717 e. The standard InChI is InChI=1S/C8H8S8/c9-1-3-4(2-10)14-7(13-3)8-15-5(11)6(12)16-8/h9-12H,1-2H2. The van der Waals surface area contributed by atoms with E-state index in [1.165, 1.54) is 18.3 Å². The minimum absolute atomic E-state index is 0.786. The van der Waals surface area contributed by atoms with Crippen molar-refractivity contribution >= 4 is 97.6 Å². The third kappa shape index (κ3) is 3.12. The minimum atomic E-state index is 0.786. The van der Waals surface area contributed by atoms with Crippen molar-refractivity contribution in [1.82, 2.24) is 0 Å². The molecule has 2 heterocycles. The quantitative estimate of drug-likeness (QED) is 0.504. The lowest BCUT2D eigenvalue weighted by molar-refractivity contribution is 1.61. The number of rotatable bonds is 2. The largest absolute Gasteiger partial charge is 0.174 e. The summed E-state index contributed by atoms with van der Waals surface area (Å²) in [5.41, 5.74) is 0. The van der Waals surface area contributed by atoms with Crippen LogP contribution in [0.4, 0.5) is 0 Å². The molecule has 0 aromatic heterocycles. The van der Waals surface area contributed by atoms with Crippen molar-refractivity contribution in [3.63, 3.8) is 0 Å². The molecule has 0 N–H and O–H groups in total. The normalized spacial score (nSPS) is 21.8. The van der Waals surface area contributed by atoms with Crippen molar-refractivity contribution < 1.29 is 0 Å². The van der Waals surface area contributed by atoms with Crippen molar-refractivity contribution in [1.29, 1.82) is 0 Å². The van der Waals surface area contributed by atoms with Gasteiger partial charge in [0.2, 0.25) is 0 Å². The maximum Gasteiger partial charge on any atom is 0.0717 e. The Morgan fingerprint density at radius 2 is 1.06 bits per heavy atom. The van der Waals surface area contributed by atoms with Crippen LogP contribution in [-0.2, 0) is 0 Å². The molecule has 0 amide bonds. The second-order valence-corrected chi connectivity index (χ2v) is 9.66. The Morgan fingerprint density at radius 3 is 1.44 bits per heavy atom. The van der Waals surface area contributed by atoms with E-state index in [2.05, 4.69) is 50.5 Å². The Kier molecular flexibility index (Phi) is 5.82. The molecule has 2 aliphatic heterocycles. The molecule has 0 nitrogen and oxygen atoms in total. The van der Waals surface area contributed by atoms with E-state index in [-0.39, 0.29) is 0 Å². The summed E-state index contributed by atoms with van der Waals surface area (Å²) < 4.78 is 4.58. The van der Waals surface area contributed by atoms with Crippen molar-refractivity contribution in [2.75, 3.05) is 11.5 Å². The molecule has 0 atom stereocenters. The summed E-state index contributed by atoms with van der Waals surface area (Å²) >= 11 is 24.4. The average molecular weight is 361 g/mol. The molecule has 0 spiro atoms. The van der Waals surface area contributed by atoms with Crippen LogP contribution in [0.15, 0.2) is 26.8 Å². The molecule has 0 unspecified atom stereocenters. The zero-order valence-electron chi connectivity index (χ0n) is 7.84. The number of hydrogen-bond donors (Lipinski definition) is 4. The van der Waals surface area contributed by atoms with E-state index in [1.54, 1.807) is 47.0 Å². The van der Waals surface area contributed by atoms with Gasteiger partial charge in [0.05, 0.1) is 16.9 Å². The molecule has 0 fully saturated rings. The second-order valence-electron chi connectivity index (χ2n) is 2.76. The predicted molar refractivity (Wildman–Crippen MR) is 97.1 cm³/mol. The van der Waals surface area contributed by atoms with Gasteiger partial charge in [-0.25, -0.2) is 0 Å². The second kappa shape index (κ2) is 6.45. The Hall–Kier alpha value is 2.02. The molecule has 0 radical (unpaired) electrons. The molecule has 0 aliphatic carbocycles. The number of hydrogen-bond acceptors (Lipinski definition) is 8. The summed E-state index contributed by atoms with van der Waals surface area (Å²) in [6, 6.07) is 0. The lowest BCUT2D eigenvalue weighted by Gasteiger charge is -2.00. The van der Waals surface area contributed by atoms with E-state index < -0.39 is 0 Å². The van der Waals surface area contributed by atoms with Crippen LogP contribution >= 0.6 is 97.6 Å². The summed E-state index contributed by atoms with van der Waals surface area (Å²) in [6.07, 6.45) is 0. The highest BCUT2D eigenvalue weighted by Crippen LogP contribution is 2.61. The summed E-state index contributed by atoms with van der Waals surface area (Å²) in [7, 11) is 0. The van der Waals surface area contributed by atoms with Gasteiger partial charge < -0.3 is 0 Å². The van der Waals surface area contributed by atoms with Crippen LogP contribution in [0.2, 0.25) is 0 Å². The van der Waals surface area contributed by atoms with E-state index in [0.717, 1.165) is 20.0 Å². The fourth-order valence-corrected chi connectivity index (χ4v) is 7.97. The van der Waals surface area contributed by atoms with E-state index in [0.29, 0.717) is 0 Å². The van der Waals surface area contributed by atoms with Crippen molar-refractivity contribution in [2.24, 2.45) is 0 Å². The first-order valence-electron chi connectivity index (χ1n) is 4.17. The molecule has 16 heavy (non-hydrogen) atoms. The molecule has 88 valence electrons. The Morgan fingerprint density at radius 1 is 0.688 bits per heavy atom. The Balaban J connectivity index is 2.15. The van der Waals surface area contributed by atoms with Crippen LogP contribution in [0, 0.1) is 0 Å². The van der Waals surface area contributed by atoms with Crippen LogP contribution < -0.4 is 0 Å². The number of thiol groups is 4. The van der Waals surface area contributed by atoms with Crippen molar-refractivity contribution in [2.45, 2.75) is 0 Å². The molecular weight excluding hydrogens is 353 g/mol. The molecule has 0 saturated carbocycles. The molecule has 2 rings (SSSR count). The monoisotopic (exact) mass is 360 g/mol. The molecule has 8 heteroatoms. The molecule has 0 saturated heterocycles. The van der Waals surface area contributed by atoms with Crippen LogP contribution in [0.5, 0.6) is 0 Å². The molecule has 0 aromatic rings. The highest BCUT2D eigenvalue weighted by atomic mass is 32.2.